The molecular formula is C20H31NO3S2. The van der Waals surface area contributed by atoms with Gasteiger partial charge in [0.2, 0.25) is 0 Å². The number of thioether (sulfide) groups is 2. The molecule has 0 aromatic heterocycles. The number of benzene rings is 1. The number of amides is 1. The van der Waals surface area contributed by atoms with Crippen molar-refractivity contribution >= 4 is 29.4 Å². The molecule has 0 saturated heterocycles. The van der Waals surface area contributed by atoms with Crippen LogP contribution in [0.5, 0.6) is 5.75 Å². The van der Waals surface area contributed by atoms with Crippen molar-refractivity contribution in [3.05, 3.63) is 29.3 Å². The quantitative estimate of drug-likeness (QED) is 0.332. The molecule has 6 heteroatoms. The van der Waals surface area contributed by atoms with E-state index in [0.717, 1.165) is 50.0 Å². The lowest BCUT2D eigenvalue weighted by Crippen LogP contribution is -2.31. The second-order valence-corrected chi connectivity index (χ2v) is 9.05. The van der Waals surface area contributed by atoms with Gasteiger partial charge in [-0.3, -0.25) is 9.63 Å². The van der Waals surface area contributed by atoms with Crippen LogP contribution < -0.4 is 4.74 Å². The van der Waals surface area contributed by atoms with Crippen LogP contribution in [-0.4, -0.2) is 44.2 Å². The van der Waals surface area contributed by atoms with Crippen LogP contribution in [-0.2, 0) is 13.7 Å². The Kier molecular flexibility index (Phi) is 8.17. The molecule has 0 spiro atoms. The van der Waals surface area contributed by atoms with Crippen molar-refractivity contribution in [3.8, 4) is 5.75 Å². The van der Waals surface area contributed by atoms with Crippen molar-refractivity contribution in [2.75, 3.05) is 33.3 Å². The van der Waals surface area contributed by atoms with E-state index in [1.54, 1.807) is 7.05 Å². The Morgan fingerprint density at radius 2 is 2.08 bits per heavy atom. The number of nitrogens with zero attached hydrogens (tertiary/aromatic N) is 1. The van der Waals surface area contributed by atoms with E-state index in [1.807, 2.05) is 35.7 Å². The van der Waals surface area contributed by atoms with Crippen LogP contribution >= 0.6 is 23.5 Å². The van der Waals surface area contributed by atoms with E-state index in [-0.39, 0.29) is 15.9 Å². The molecule has 1 aromatic carbocycles. The number of rotatable bonds is 9. The first-order valence-electron chi connectivity index (χ1n) is 9.22. The minimum absolute atomic E-state index is 0.00618. The number of carbonyl (C=O) groups excluding carboxylic acids is 1. The first-order chi connectivity index (χ1) is 12.5. The summed E-state index contributed by atoms with van der Waals surface area (Å²) in [5, 5.41) is 1.35. The number of hydrogen-bond acceptors (Lipinski definition) is 5. The second-order valence-electron chi connectivity index (χ2n) is 6.58. The molecule has 1 aromatic rings. The maximum atomic E-state index is 12.9. The van der Waals surface area contributed by atoms with Crippen LogP contribution in [0, 0.1) is 0 Å². The molecule has 1 atom stereocenters. The van der Waals surface area contributed by atoms with Crippen LogP contribution in [0.1, 0.15) is 56.1 Å². The van der Waals surface area contributed by atoms with Gasteiger partial charge >= 0.3 is 0 Å². The smallest absolute Gasteiger partial charge is 0.253 e. The van der Waals surface area contributed by atoms with E-state index in [2.05, 4.69) is 25.5 Å². The minimum Gasteiger partial charge on any atom is -0.493 e. The van der Waals surface area contributed by atoms with Gasteiger partial charge in [0.25, 0.3) is 5.91 Å². The Hall–Kier alpha value is -0.850. The van der Waals surface area contributed by atoms with Crippen molar-refractivity contribution in [1.82, 2.24) is 5.06 Å². The highest BCUT2D eigenvalue weighted by molar-refractivity contribution is 8.16. The van der Waals surface area contributed by atoms with Gasteiger partial charge in [-0.2, -0.15) is 0 Å². The first kappa shape index (κ1) is 21.5. The summed E-state index contributed by atoms with van der Waals surface area (Å²) in [6, 6.07) is 6.28. The number of fused-ring (bicyclic) bond motifs is 1. The number of ether oxygens (including phenoxy) is 1. The summed E-state index contributed by atoms with van der Waals surface area (Å²) in [4.78, 5) is 18.1. The van der Waals surface area contributed by atoms with Gasteiger partial charge in [-0.15, -0.1) is 23.5 Å². The number of unbranched alkanes of at least 4 members (excludes halogenated alkanes) is 2. The van der Waals surface area contributed by atoms with E-state index in [4.69, 9.17) is 9.57 Å². The summed E-state index contributed by atoms with van der Waals surface area (Å²) in [6.07, 6.45) is 9.43. The molecular weight excluding hydrogens is 366 g/mol. The molecule has 1 unspecified atom stereocenters. The van der Waals surface area contributed by atoms with Gasteiger partial charge in [-0.05, 0) is 36.6 Å². The third-order valence-corrected chi connectivity index (χ3v) is 8.31. The maximum absolute atomic E-state index is 12.9. The predicted octanol–water partition coefficient (Wildman–Crippen LogP) is 5.03. The zero-order chi connectivity index (χ0) is 19.2. The number of hydrogen-bond donors (Lipinski definition) is 0. The van der Waals surface area contributed by atoms with E-state index in [1.165, 1.54) is 17.7 Å². The molecule has 1 aliphatic rings. The summed E-state index contributed by atoms with van der Waals surface area (Å²) in [5.74, 6) is 0.780. The van der Waals surface area contributed by atoms with E-state index in [0.29, 0.717) is 0 Å². The van der Waals surface area contributed by atoms with Gasteiger partial charge < -0.3 is 4.74 Å². The standard InChI is InChI=1S/C20H31NO3S2/c1-6-7-8-9-16(19(22)21(2)23-3)15-10-11-18-17(14-15)20(25-4,26-5)12-13-24-18/h10-11,14,16H,6-9,12-13H2,1-5H3. The molecule has 1 aliphatic heterocycles. The largest absolute Gasteiger partial charge is 0.493 e. The molecule has 146 valence electrons. The van der Waals surface area contributed by atoms with Crippen molar-refractivity contribution in [1.29, 1.82) is 0 Å². The highest BCUT2D eigenvalue weighted by Crippen LogP contribution is 2.53. The fraction of sp³-hybridized carbons (Fsp3) is 0.650. The Morgan fingerprint density at radius 1 is 1.35 bits per heavy atom. The number of likely N-dealkylation sites (N-methyl/N-ethyl adjacent to an activating group) is 1. The molecule has 1 amide bonds. The zero-order valence-electron chi connectivity index (χ0n) is 16.5. The van der Waals surface area contributed by atoms with Gasteiger partial charge in [0.05, 0.1) is 23.7 Å². The Balaban J connectivity index is 2.40. The molecule has 1 heterocycles. The summed E-state index contributed by atoms with van der Waals surface area (Å²) in [6.45, 7) is 2.92. The van der Waals surface area contributed by atoms with Crippen LogP contribution in [0.4, 0.5) is 0 Å². The average molecular weight is 398 g/mol. The lowest BCUT2D eigenvalue weighted by Gasteiger charge is -2.37. The van der Waals surface area contributed by atoms with Gasteiger partial charge in [0.1, 0.15) is 5.75 Å². The monoisotopic (exact) mass is 397 g/mol. The summed E-state index contributed by atoms with van der Waals surface area (Å²) in [7, 11) is 3.22. The number of carbonyl (C=O) groups is 1. The molecule has 0 N–H and O–H groups in total. The average Bonchev–Trinajstić information content (AvgIpc) is 2.69. The lowest BCUT2D eigenvalue weighted by molar-refractivity contribution is -0.170. The maximum Gasteiger partial charge on any atom is 0.253 e. The second kappa shape index (κ2) is 9.90. The Morgan fingerprint density at radius 3 is 2.69 bits per heavy atom. The minimum atomic E-state index is -0.180. The summed E-state index contributed by atoms with van der Waals surface area (Å²) < 4.78 is 5.89. The zero-order valence-corrected chi connectivity index (χ0v) is 18.2. The highest BCUT2D eigenvalue weighted by Gasteiger charge is 2.37. The van der Waals surface area contributed by atoms with Crippen LogP contribution in [0.15, 0.2) is 18.2 Å². The molecule has 4 nitrogen and oxygen atoms in total. The Labute approximate surface area is 166 Å². The van der Waals surface area contributed by atoms with Gasteiger partial charge in [0.15, 0.2) is 0 Å². The normalized spacial score (nSPS) is 16.5. The van der Waals surface area contributed by atoms with Crippen molar-refractivity contribution in [2.45, 2.75) is 49.0 Å². The van der Waals surface area contributed by atoms with E-state index in [9.17, 15) is 4.79 Å². The van der Waals surface area contributed by atoms with Crippen molar-refractivity contribution in [2.24, 2.45) is 0 Å². The molecule has 0 radical (unpaired) electrons. The topological polar surface area (TPSA) is 38.8 Å². The van der Waals surface area contributed by atoms with Crippen molar-refractivity contribution in [3.63, 3.8) is 0 Å². The summed E-state index contributed by atoms with van der Waals surface area (Å²) >= 11 is 3.72. The number of hydroxylamine groups is 2. The van der Waals surface area contributed by atoms with Gasteiger partial charge in [-0.25, -0.2) is 5.06 Å². The van der Waals surface area contributed by atoms with Crippen LogP contribution in [0.3, 0.4) is 0 Å². The fourth-order valence-electron chi connectivity index (χ4n) is 3.47. The highest BCUT2D eigenvalue weighted by atomic mass is 32.2. The first-order valence-corrected chi connectivity index (χ1v) is 11.7. The Bertz CT molecular complexity index is 605. The molecule has 26 heavy (non-hydrogen) atoms. The molecule has 0 fully saturated rings. The predicted molar refractivity (Wildman–Crippen MR) is 112 cm³/mol. The fourth-order valence-corrected chi connectivity index (χ4v) is 5.47. The molecule has 0 aliphatic carbocycles. The van der Waals surface area contributed by atoms with Crippen LogP contribution in [0.25, 0.3) is 0 Å². The van der Waals surface area contributed by atoms with Gasteiger partial charge in [-0.1, -0.05) is 32.3 Å². The molecule has 0 bridgehead atoms. The third-order valence-electron chi connectivity index (χ3n) is 5.14. The molecule has 0 saturated carbocycles. The third kappa shape index (κ3) is 4.52. The van der Waals surface area contributed by atoms with Gasteiger partial charge in [0, 0.05) is 19.0 Å². The van der Waals surface area contributed by atoms with E-state index >= 15 is 0 Å². The molecule has 2 rings (SSSR count). The van der Waals surface area contributed by atoms with E-state index < -0.39 is 0 Å². The van der Waals surface area contributed by atoms with Crippen molar-refractivity contribution < 1.29 is 14.4 Å². The summed E-state index contributed by atoms with van der Waals surface area (Å²) in [5.41, 5.74) is 2.27. The van der Waals surface area contributed by atoms with Crippen LogP contribution in [0.2, 0.25) is 0 Å². The lowest BCUT2D eigenvalue weighted by atomic mass is 9.89. The SMILES string of the molecule is CCCCCC(C(=O)N(C)OC)c1ccc2c(c1)C(SC)(SC)CCO2.